The number of halogens is 3. The predicted octanol–water partition coefficient (Wildman–Crippen LogP) is 3.82. The Labute approximate surface area is 265 Å². The third kappa shape index (κ3) is 8.66. The lowest BCUT2D eigenvalue weighted by Gasteiger charge is -2.35. The number of aromatic nitrogens is 3. The first-order valence-corrected chi connectivity index (χ1v) is 14.7. The zero-order chi connectivity index (χ0) is 33.6. The summed E-state index contributed by atoms with van der Waals surface area (Å²) < 4.78 is 50.7. The molecule has 4 rings (SSSR count). The number of ether oxygens (including phenoxy) is 2. The van der Waals surface area contributed by atoms with Gasteiger partial charge in [-0.15, -0.1) is 11.3 Å². The fourth-order valence-electron chi connectivity index (χ4n) is 4.12. The van der Waals surface area contributed by atoms with Gasteiger partial charge in [0.2, 0.25) is 0 Å². The van der Waals surface area contributed by atoms with Crippen molar-refractivity contribution < 1.29 is 41.8 Å². The average molecular weight is 665 g/mol. The maximum atomic E-state index is 13.3. The number of anilines is 1. The number of nitrogens with one attached hydrogen (secondary N) is 4. The Bertz CT molecular complexity index is 1610. The highest BCUT2D eigenvalue weighted by molar-refractivity contribution is 7.13. The molecule has 4 heterocycles. The van der Waals surface area contributed by atoms with Gasteiger partial charge in [0.05, 0.1) is 18.8 Å². The van der Waals surface area contributed by atoms with Gasteiger partial charge in [0, 0.05) is 53.8 Å². The summed E-state index contributed by atoms with van der Waals surface area (Å²) in [7, 11) is 0. The molecule has 0 unspecified atom stereocenters. The topological polar surface area (TPSA) is 177 Å². The molecule has 4 N–H and O–H groups in total. The van der Waals surface area contributed by atoms with Gasteiger partial charge in [0.25, 0.3) is 11.8 Å². The van der Waals surface area contributed by atoms with E-state index in [0.29, 0.717) is 6.54 Å². The van der Waals surface area contributed by atoms with Crippen LogP contribution in [0, 0.1) is 0 Å². The lowest BCUT2D eigenvalue weighted by atomic mass is 10.0. The van der Waals surface area contributed by atoms with Crippen LogP contribution < -0.4 is 21.5 Å². The maximum absolute atomic E-state index is 13.3. The zero-order valence-electron chi connectivity index (χ0n) is 25.2. The predicted molar refractivity (Wildman–Crippen MR) is 159 cm³/mol. The van der Waals surface area contributed by atoms with E-state index in [-0.39, 0.29) is 52.8 Å². The largest absolute Gasteiger partial charge is 0.444 e. The lowest BCUT2D eigenvalue weighted by molar-refractivity contribution is -0.140. The summed E-state index contributed by atoms with van der Waals surface area (Å²) in [6, 6.07) is 1.11. The summed E-state index contributed by atoms with van der Waals surface area (Å²) in [6.07, 6.45) is -1.51. The van der Waals surface area contributed by atoms with Crippen LogP contribution in [0.4, 0.5) is 28.6 Å². The minimum Gasteiger partial charge on any atom is -0.444 e. The molecule has 46 heavy (non-hydrogen) atoms. The Morgan fingerprint density at radius 2 is 1.85 bits per heavy atom. The van der Waals surface area contributed by atoms with E-state index in [0.717, 1.165) is 16.7 Å². The standard InChI is InChI=1S/C28H31F3N8O6S/c1-5-33-25(42)36-21-9-17(24-35-20(14-46-24)28(29,30)31)18(12-34-21)15-8-16(11-32-10-15)22(40)37-38-23(41)19-13-44-7-6-39(19)26(43)45-27(2,3)4/h8-12,14,19H,5-7,13H2,1-4H3,(H,37,40)(H,38,41)(H2,33,34,36,42)/t19-/m0/s1. The molecule has 5 amide bonds. The normalized spacial score (nSPS) is 15.1. The maximum Gasteiger partial charge on any atom is 0.434 e. The van der Waals surface area contributed by atoms with Gasteiger partial charge in [0.15, 0.2) is 5.69 Å². The molecule has 0 aromatic carbocycles. The SMILES string of the molecule is CCNC(=O)Nc1cc(-c2nc(C(F)(F)F)cs2)c(-c2cncc(C(=O)NNC(=O)[C@@H]3COCCN3C(=O)OC(C)(C)C)c2)cn1. The van der Waals surface area contributed by atoms with E-state index in [1.165, 1.54) is 35.6 Å². The number of alkyl halides is 3. The summed E-state index contributed by atoms with van der Waals surface area (Å²) in [5.41, 5.74) is 3.38. The van der Waals surface area contributed by atoms with Crippen LogP contribution >= 0.6 is 11.3 Å². The number of carbonyl (C=O) groups excluding carboxylic acids is 4. The van der Waals surface area contributed by atoms with Gasteiger partial charge in [-0.1, -0.05) is 0 Å². The third-order valence-electron chi connectivity index (χ3n) is 6.18. The fraction of sp³-hybridized carbons (Fsp3) is 0.393. The van der Waals surface area contributed by atoms with E-state index in [2.05, 4.69) is 36.4 Å². The van der Waals surface area contributed by atoms with Gasteiger partial charge in [-0.3, -0.25) is 35.6 Å². The summed E-state index contributed by atoms with van der Waals surface area (Å²) in [5.74, 6) is -1.46. The molecule has 1 aliphatic rings. The summed E-state index contributed by atoms with van der Waals surface area (Å²) >= 11 is 0.735. The number of carbonyl (C=O) groups is 4. The van der Waals surface area contributed by atoms with E-state index in [9.17, 15) is 32.3 Å². The number of morpholine rings is 1. The quantitative estimate of drug-likeness (QED) is 0.285. The number of hydrogen-bond acceptors (Lipinski definition) is 10. The lowest BCUT2D eigenvalue weighted by Crippen LogP contribution is -2.59. The second-order valence-corrected chi connectivity index (χ2v) is 11.7. The van der Waals surface area contributed by atoms with Crippen molar-refractivity contribution >= 4 is 41.1 Å². The van der Waals surface area contributed by atoms with Crippen LogP contribution in [-0.2, 0) is 20.4 Å². The number of hydrazine groups is 1. The molecular formula is C28H31F3N8O6S. The number of nitrogens with zero attached hydrogens (tertiary/aromatic N) is 4. The molecule has 14 nitrogen and oxygen atoms in total. The highest BCUT2D eigenvalue weighted by Crippen LogP contribution is 2.38. The Morgan fingerprint density at radius 3 is 2.52 bits per heavy atom. The molecular weight excluding hydrogens is 633 g/mol. The first-order chi connectivity index (χ1) is 21.7. The van der Waals surface area contributed by atoms with Crippen LogP contribution in [-0.4, -0.2) is 81.7 Å². The number of thiazole rings is 1. The van der Waals surface area contributed by atoms with Crippen LogP contribution in [0.25, 0.3) is 21.7 Å². The van der Waals surface area contributed by atoms with Crippen molar-refractivity contribution in [2.45, 2.75) is 45.5 Å². The van der Waals surface area contributed by atoms with Crippen molar-refractivity contribution in [3.8, 4) is 21.7 Å². The molecule has 1 saturated heterocycles. The minimum atomic E-state index is -4.68. The molecule has 3 aromatic rings. The number of urea groups is 1. The Hall–Kier alpha value is -4.84. The first-order valence-electron chi connectivity index (χ1n) is 13.9. The second kappa shape index (κ2) is 14.1. The van der Waals surface area contributed by atoms with Crippen LogP contribution in [0.3, 0.4) is 0 Å². The van der Waals surface area contributed by atoms with Crippen molar-refractivity contribution in [3.63, 3.8) is 0 Å². The van der Waals surface area contributed by atoms with Crippen molar-refractivity contribution in [2.75, 3.05) is 31.6 Å². The van der Waals surface area contributed by atoms with E-state index < -0.39 is 47.5 Å². The molecule has 0 bridgehead atoms. The molecule has 0 radical (unpaired) electrons. The van der Waals surface area contributed by atoms with E-state index >= 15 is 0 Å². The Morgan fingerprint density at radius 1 is 1.09 bits per heavy atom. The van der Waals surface area contributed by atoms with Gasteiger partial charge in [0.1, 0.15) is 22.5 Å². The smallest absolute Gasteiger partial charge is 0.434 e. The van der Waals surface area contributed by atoms with Crippen LogP contribution in [0.15, 0.2) is 36.1 Å². The second-order valence-electron chi connectivity index (χ2n) is 10.8. The minimum absolute atomic E-state index is 0.0185. The molecule has 18 heteroatoms. The summed E-state index contributed by atoms with van der Waals surface area (Å²) in [4.78, 5) is 63.8. The van der Waals surface area contributed by atoms with E-state index in [4.69, 9.17) is 9.47 Å². The van der Waals surface area contributed by atoms with Crippen LogP contribution in [0.5, 0.6) is 0 Å². The molecule has 0 aliphatic carbocycles. The molecule has 1 atom stereocenters. The van der Waals surface area contributed by atoms with Crippen molar-refractivity contribution in [1.82, 2.24) is 36.0 Å². The average Bonchev–Trinajstić information content (AvgIpc) is 3.50. The van der Waals surface area contributed by atoms with Crippen molar-refractivity contribution in [1.29, 1.82) is 0 Å². The third-order valence-corrected chi connectivity index (χ3v) is 7.05. The molecule has 0 spiro atoms. The van der Waals surface area contributed by atoms with Crippen LogP contribution in [0.1, 0.15) is 43.7 Å². The molecule has 246 valence electrons. The number of rotatable bonds is 6. The van der Waals surface area contributed by atoms with E-state index in [1.807, 2.05) is 0 Å². The summed E-state index contributed by atoms with van der Waals surface area (Å²) in [6.45, 7) is 7.29. The molecule has 1 fully saturated rings. The van der Waals surface area contributed by atoms with E-state index in [1.54, 1.807) is 27.7 Å². The van der Waals surface area contributed by atoms with Crippen LogP contribution in [0.2, 0.25) is 0 Å². The van der Waals surface area contributed by atoms with Crippen molar-refractivity contribution in [3.05, 3.63) is 47.4 Å². The zero-order valence-corrected chi connectivity index (χ0v) is 26.0. The molecule has 1 aliphatic heterocycles. The van der Waals surface area contributed by atoms with Gasteiger partial charge in [-0.05, 0) is 39.8 Å². The highest BCUT2D eigenvalue weighted by atomic mass is 32.1. The van der Waals surface area contributed by atoms with Gasteiger partial charge in [-0.25, -0.2) is 19.6 Å². The van der Waals surface area contributed by atoms with Gasteiger partial charge >= 0.3 is 18.3 Å². The Balaban J connectivity index is 1.56. The van der Waals surface area contributed by atoms with Gasteiger partial charge in [-0.2, -0.15) is 13.2 Å². The monoisotopic (exact) mass is 664 g/mol. The van der Waals surface area contributed by atoms with Crippen molar-refractivity contribution in [2.24, 2.45) is 0 Å². The fourth-order valence-corrected chi connectivity index (χ4v) is 4.98. The first kappa shape index (κ1) is 34.0. The molecule has 3 aromatic heterocycles. The highest BCUT2D eigenvalue weighted by Gasteiger charge is 2.36. The molecule has 0 saturated carbocycles. The summed E-state index contributed by atoms with van der Waals surface area (Å²) in [5, 5.41) is 5.88. The number of hydrogen-bond donors (Lipinski definition) is 4. The van der Waals surface area contributed by atoms with Gasteiger partial charge < -0.3 is 14.8 Å². The number of amides is 5. The Kier molecular flexibility index (Phi) is 10.4. The number of pyridine rings is 2.